The van der Waals surface area contributed by atoms with Crippen molar-refractivity contribution in [3.8, 4) is 0 Å². The molecule has 1 saturated heterocycles. The monoisotopic (exact) mass is 322 g/mol. The Kier molecular flexibility index (Phi) is 3.31. The maximum Gasteiger partial charge on any atom is 0.163 e. The third-order valence-electron chi connectivity index (χ3n) is 5.73. The molecule has 4 rings (SSSR count). The Bertz CT molecular complexity index is 559. The molecule has 2 fully saturated rings. The lowest BCUT2D eigenvalue weighted by Crippen LogP contribution is -2.58. The number of allylic oxidation sites excluding steroid dienone is 1. The molecular weight excluding hydrogens is 296 g/mol. The van der Waals surface area contributed by atoms with Gasteiger partial charge in [-0.1, -0.05) is 20.8 Å². The van der Waals surface area contributed by atoms with Crippen LogP contribution >= 0.6 is 0 Å². The van der Waals surface area contributed by atoms with Crippen LogP contribution in [-0.4, -0.2) is 58.1 Å². The molecule has 4 aliphatic rings. The van der Waals surface area contributed by atoms with Crippen LogP contribution in [-0.2, 0) is 9.57 Å². The van der Waals surface area contributed by atoms with Crippen LogP contribution in [0.5, 0.6) is 0 Å². The molecule has 3 aliphatic heterocycles. The molecule has 0 aromatic rings. The first-order valence-electron chi connectivity index (χ1n) is 8.55. The van der Waals surface area contributed by atoms with Crippen molar-refractivity contribution in [3.63, 3.8) is 0 Å². The van der Waals surface area contributed by atoms with Crippen LogP contribution in [0.25, 0.3) is 0 Å². The van der Waals surface area contributed by atoms with E-state index < -0.39 is 12.2 Å². The minimum atomic E-state index is -0.807. The first-order chi connectivity index (χ1) is 10.8. The number of aliphatic hydroxyl groups excluding tert-OH is 2. The molecule has 1 spiro atoms. The SMILES string of the molecule is CC(C)(C)C1=CC2=NC3(CCOCC3)[C@H]3C[C@H](O)[C@H](O)[C@H]3N2O1. The van der Waals surface area contributed by atoms with Crippen molar-refractivity contribution < 1.29 is 19.8 Å². The second-order valence-corrected chi connectivity index (χ2v) is 8.25. The van der Waals surface area contributed by atoms with Gasteiger partial charge in [-0.3, -0.25) is 4.99 Å². The highest BCUT2D eigenvalue weighted by atomic mass is 16.7. The minimum absolute atomic E-state index is 0.0906. The number of amidine groups is 1. The van der Waals surface area contributed by atoms with Crippen molar-refractivity contribution in [2.24, 2.45) is 16.3 Å². The summed E-state index contributed by atoms with van der Waals surface area (Å²) in [6, 6.07) is -0.244. The van der Waals surface area contributed by atoms with E-state index in [4.69, 9.17) is 14.6 Å². The van der Waals surface area contributed by atoms with E-state index in [0.29, 0.717) is 19.6 Å². The molecule has 0 bridgehead atoms. The van der Waals surface area contributed by atoms with Gasteiger partial charge in [0.25, 0.3) is 0 Å². The molecule has 3 heterocycles. The first kappa shape index (κ1) is 15.4. The van der Waals surface area contributed by atoms with Gasteiger partial charge >= 0.3 is 0 Å². The van der Waals surface area contributed by atoms with Crippen LogP contribution in [0.15, 0.2) is 16.8 Å². The molecule has 4 atom stereocenters. The molecule has 1 aliphatic carbocycles. The van der Waals surface area contributed by atoms with Gasteiger partial charge < -0.3 is 19.8 Å². The Balaban J connectivity index is 1.77. The highest BCUT2D eigenvalue weighted by molar-refractivity contribution is 5.95. The van der Waals surface area contributed by atoms with Crippen LogP contribution in [0.1, 0.15) is 40.0 Å². The van der Waals surface area contributed by atoms with Gasteiger partial charge in [-0.2, -0.15) is 5.06 Å². The number of ether oxygens (including phenoxy) is 1. The molecule has 0 radical (unpaired) electrons. The number of hydrogen-bond acceptors (Lipinski definition) is 6. The summed E-state index contributed by atoms with van der Waals surface area (Å²) in [5, 5.41) is 22.6. The molecule has 2 N–H and O–H groups in total. The summed E-state index contributed by atoms with van der Waals surface area (Å²) in [5.41, 5.74) is -0.374. The van der Waals surface area contributed by atoms with Gasteiger partial charge in [0.2, 0.25) is 0 Å². The molecule has 1 saturated carbocycles. The van der Waals surface area contributed by atoms with Crippen LogP contribution in [0.2, 0.25) is 0 Å². The third kappa shape index (κ3) is 2.22. The predicted octanol–water partition coefficient (Wildman–Crippen LogP) is 1.24. The van der Waals surface area contributed by atoms with Crippen molar-refractivity contribution in [2.45, 2.75) is 63.8 Å². The molecule has 6 nitrogen and oxygen atoms in total. The summed E-state index contributed by atoms with van der Waals surface area (Å²) in [6.45, 7) is 7.66. The number of hydroxylamine groups is 2. The highest BCUT2D eigenvalue weighted by Gasteiger charge is 2.59. The minimum Gasteiger partial charge on any atom is -0.390 e. The lowest BCUT2D eigenvalue weighted by atomic mass is 9.74. The van der Waals surface area contributed by atoms with Gasteiger partial charge in [-0.25, -0.2) is 0 Å². The summed E-state index contributed by atoms with van der Waals surface area (Å²) >= 11 is 0. The summed E-state index contributed by atoms with van der Waals surface area (Å²) < 4.78 is 5.53. The van der Waals surface area contributed by atoms with Crippen molar-refractivity contribution >= 4 is 5.84 Å². The quantitative estimate of drug-likeness (QED) is 0.702. The Morgan fingerprint density at radius 2 is 1.96 bits per heavy atom. The number of rotatable bonds is 0. The van der Waals surface area contributed by atoms with Crippen LogP contribution < -0.4 is 0 Å². The Morgan fingerprint density at radius 1 is 1.26 bits per heavy atom. The molecule has 0 unspecified atom stereocenters. The van der Waals surface area contributed by atoms with Gasteiger partial charge in [0, 0.05) is 30.6 Å². The second-order valence-electron chi connectivity index (χ2n) is 8.25. The first-order valence-corrected chi connectivity index (χ1v) is 8.55. The molecule has 0 aromatic carbocycles. The topological polar surface area (TPSA) is 74.5 Å². The number of fused-ring (bicyclic) bond motifs is 4. The molecule has 0 aromatic heterocycles. The van der Waals surface area contributed by atoms with E-state index in [1.54, 1.807) is 5.06 Å². The van der Waals surface area contributed by atoms with Crippen molar-refractivity contribution in [3.05, 3.63) is 11.8 Å². The van der Waals surface area contributed by atoms with Gasteiger partial charge in [0.1, 0.15) is 17.9 Å². The second kappa shape index (κ2) is 4.94. The Hall–Kier alpha value is -1.11. The average Bonchev–Trinajstić information content (AvgIpc) is 3.03. The molecule has 23 heavy (non-hydrogen) atoms. The predicted molar refractivity (Wildman–Crippen MR) is 84.6 cm³/mol. The van der Waals surface area contributed by atoms with E-state index in [-0.39, 0.29) is 22.9 Å². The van der Waals surface area contributed by atoms with E-state index >= 15 is 0 Å². The van der Waals surface area contributed by atoms with Gasteiger partial charge in [-0.05, 0) is 19.3 Å². The summed E-state index contributed by atoms with van der Waals surface area (Å²) in [5.74, 6) is 1.73. The highest BCUT2D eigenvalue weighted by Crippen LogP contribution is 2.50. The standard InChI is InChI=1S/C17H26N2O4/c1-16(2,3)12-9-13-18-17(4-6-22-7-5-17)10-8-11(20)15(21)14(10)19(13)23-12/h9-11,14-15,20-21H,4-8H2,1-3H3/t10-,11-,14-,15-/m0/s1. The molecule has 6 heteroatoms. The number of aliphatic imine (C=N–C) groups is 1. The fraction of sp³-hybridized carbons (Fsp3) is 0.824. The average molecular weight is 322 g/mol. The number of hydrogen-bond donors (Lipinski definition) is 2. The lowest BCUT2D eigenvalue weighted by molar-refractivity contribution is -0.147. The van der Waals surface area contributed by atoms with Crippen LogP contribution in [0.4, 0.5) is 0 Å². The zero-order valence-electron chi connectivity index (χ0n) is 14.0. The summed E-state index contributed by atoms with van der Waals surface area (Å²) in [6.07, 6.45) is 2.70. The van der Waals surface area contributed by atoms with E-state index in [0.717, 1.165) is 24.4 Å². The molecule has 0 amide bonds. The van der Waals surface area contributed by atoms with Gasteiger partial charge in [0.05, 0.1) is 11.6 Å². The maximum atomic E-state index is 10.6. The summed E-state index contributed by atoms with van der Waals surface area (Å²) in [4.78, 5) is 11.1. The smallest absolute Gasteiger partial charge is 0.163 e. The van der Waals surface area contributed by atoms with Crippen molar-refractivity contribution in [1.29, 1.82) is 0 Å². The van der Waals surface area contributed by atoms with E-state index in [1.165, 1.54) is 0 Å². The fourth-order valence-electron chi connectivity index (χ4n) is 4.37. The van der Waals surface area contributed by atoms with Crippen LogP contribution in [0, 0.1) is 11.3 Å². The van der Waals surface area contributed by atoms with Gasteiger partial charge in [-0.15, -0.1) is 0 Å². The zero-order chi connectivity index (χ0) is 16.4. The summed E-state index contributed by atoms with van der Waals surface area (Å²) in [7, 11) is 0. The van der Waals surface area contributed by atoms with Crippen molar-refractivity contribution in [2.75, 3.05) is 13.2 Å². The van der Waals surface area contributed by atoms with E-state index in [1.807, 2.05) is 6.08 Å². The Labute approximate surface area is 136 Å². The van der Waals surface area contributed by atoms with E-state index in [2.05, 4.69) is 20.8 Å². The van der Waals surface area contributed by atoms with Crippen molar-refractivity contribution in [1.82, 2.24) is 5.06 Å². The lowest BCUT2D eigenvalue weighted by Gasteiger charge is -2.47. The maximum absolute atomic E-state index is 10.6. The van der Waals surface area contributed by atoms with E-state index in [9.17, 15) is 10.2 Å². The van der Waals surface area contributed by atoms with Crippen LogP contribution in [0.3, 0.4) is 0 Å². The number of nitrogens with zero attached hydrogens (tertiary/aromatic N) is 2. The number of aliphatic hydroxyl groups is 2. The Morgan fingerprint density at radius 3 is 2.61 bits per heavy atom. The normalized spacial score (nSPS) is 38.7. The van der Waals surface area contributed by atoms with Gasteiger partial charge in [0.15, 0.2) is 5.84 Å². The third-order valence-corrected chi connectivity index (χ3v) is 5.73. The molecule has 128 valence electrons. The fourth-order valence-corrected chi connectivity index (χ4v) is 4.37. The largest absolute Gasteiger partial charge is 0.390 e. The zero-order valence-corrected chi connectivity index (χ0v) is 14.0. The molecular formula is C17H26N2O4.